The Morgan fingerprint density at radius 1 is 0.871 bits per heavy atom. The van der Waals surface area contributed by atoms with Gasteiger partial charge >= 0.3 is 0 Å². The third-order valence-corrected chi connectivity index (χ3v) is 5.87. The Hall–Kier alpha value is -3.46. The monoisotopic (exact) mass is 410 g/mol. The zero-order valence-electron chi connectivity index (χ0n) is 17.9. The van der Waals surface area contributed by atoms with Crippen molar-refractivity contribution >= 4 is 11.6 Å². The third-order valence-electron chi connectivity index (χ3n) is 5.87. The summed E-state index contributed by atoms with van der Waals surface area (Å²) < 4.78 is 5.56. The van der Waals surface area contributed by atoms with E-state index in [0.29, 0.717) is 29.7 Å². The highest BCUT2D eigenvalue weighted by Gasteiger charge is 2.39. The zero-order chi connectivity index (χ0) is 21.8. The molecule has 3 nitrogen and oxygen atoms in total. The van der Waals surface area contributed by atoms with E-state index >= 15 is 0 Å². The number of hydrogen-bond acceptors (Lipinski definition) is 3. The molecule has 0 unspecified atom stereocenters. The van der Waals surface area contributed by atoms with Crippen LogP contribution < -0.4 is 4.74 Å². The van der Waals surface area contributed by atoms with Crippen molar-refractivity contribution in [1.29, 1.82) is 0 Å². The molecule has 1 aliphatic carbocycles. The van der Waals surface area contributed by atoms with Gasteiger partial charge in [0.25, 0.3) is 0 Å². The lowest BCUT2D eigenvalue weighted by atomic mass is 9.78. The number of Topliss-reactive ketones (excluding diaryl/α,β-unsaturated/α-hetero) is 2. The van der Waals surface area contributed by atoms with Crippen molar-refractivity contribution in [3.8, 4) is 5.75 Å². The Labute approximate surface area is 183 Å². The third kappa shape index (κ3) is 4.36. The lowest BCUT2D eigenvalue weighted by Gasteiger charge is -2.22. The molecule has 0 radical (unpaired) electrons. The number of allylic oxidation sites excluding steroid dienone is 2. The molecule has 0 aliphatic heterocycles. The van der Waals surface area contributed by atoms with Gasteiger partial charge in [-0.25, -0.2) is 0 Å². The molecule has 0 fully saturated rings. The van der Waals surface area contributed by atoms with Crippen LogP contribution in [0.15, 0.2) is 90.5 Å². The van der Waals surface area contributed by atoms with Crippen LogP contribution in [-0.2, 0) is 0 Å². The summed E-state index contributed by atoms with van der Waals surface area (Å²) >= 11 is 0. The predicted molar refractivity (Wildman–Crippen MR) is 123 cm³/mol. The molecule has 4 rings (SSSR count). The molecule has 0 spiro atoms. The molecule has 0 N–H and O–H groups in total. The number of ketones is 2. The summed E-state index contributed by atoms with van der Waals surface area (Å²) in [5.41, 5.74) is 3.99. The van der Waals surface area contributed by atoms with E-state index in [1.54, 1.807) is 12.1 Å². The summed E-state index contributed by atoms with van der Waals surface area (Å²) in [6, 6.07) is 24.7. The van der Waals surface area contributed by atoms with Gasteiger partial charge in [0.1, 0.15) is 5.75 Å². The van der Waals surface area contributed by atoms with Crippen LogP contribution in [0.1, 0.15) is 51.1 Å². The molecule has 0 heterocycles. The van der Waals surface area contributed by atoms with Gasteiger partial charge in [0.2, 0.25) is 0 Å². The minimum absolute atomic E-state index is 0.00749. The second-order valence-electron chi connectivity index (χ2n) is 7.91. The van der Waals surface area contributed by atoms with Gasteiger partial charge in [-0.1, -0.05) is 78.4 Å². The first-order valence-electron chi connectivity index (χ1n) is 10.7. The summed E-state index contributed by atoms with van der Waals surface area (Å²) in [7, 11) is 0. The van der Waals surface area contributed by atoms with Crippen LogP contribution >= 0.6 is 0 Å². The molecule has 0 saturated heterocycles. The Balaban J connectivity index is 1.70. The molecule has 31 heavy (non-hydrogen) atoms. The maximum atomic E-state index is 13.6. The minimum atomic E-state index is -0.506. The molecule has 3 aromatic carbocycles. The number of benzene rings is 3. The van der Waals surface area contributed by atoms with Crippen molar-refractivity contribution in [3.05, 3.63) is 113 Å². The van der Waals surface area contributed by atoms with Crippen LogP contribution in [-0.4, -0.2) is 18.2 Å². The van der Waals surface area contributed by atoms with E-state index in [4.69, 9.17) is 4.74 Å². The van der Waals surface area contributed by atoms with Crippen molar-refractivity contribution in [2.24, 2.45) is 5.92 Å². The number of rotatable bonds is 7. The molecule has 0 amide bonds. The fourth-order valence-electron chi connectivity index (χ4n) is 4.25. The summed E-state index contributed by atoms with van der Waals surface area (Å²) in [5, 5.41) is 0. The second kappa shape index (κ2) is 9.13. The van der Waals surface area contributed by atoms with Crippen LogP contribution in [0.2, 0.25) is 0 Å². The van der Waals surface area contributed by atoms with Crippen LogP contribution in [0.25, 0.3) is 0 Å². The van der Waals surface area contributed by atoms with Gasteiger partial charge in [-0.2, -0.15) is 0 Å². The molecule has 1 aliphatic rings. The van der Waals surface area contributed by atoms with Crippen LogP contribution in [0.4, 0.5) is 0 Å². The van der Waals surface area contributed by atoms with Gasteiger partial charge in [-0.3, -0.25) is 9.59 Å². The van der Waals surface area contributed by atoms with E-state index < -0.39 is 5.92 Å². The summed E-state index contributed by atoms with van der Waals surface area (Å²) in [6.07, 6.45) is 2.61. The van der Waals surface area contributed by atoms with Gasteiger partial charge in [0.15, 0.2) is 11.6 Å². The molecule has 0 saturated carbocycles. The summed E-state index contributed by atoms with van der Waals surface area (Å²) in [5.74, 6) is 0.145. The van der Waals surface area contributed by atoms with Crippen molar-refractivity contribution in [3.63, 3.8) is 0 Å². The highest BCUT2D eigenvalue weighted by atomic mass is 16.5. The van der Waals surface area contributed by atoms with E-state index in [0.717, 1.165) is 16.9 Å². The van der Waals surface area contributed by atoms with E-state index in [1.165, 1.54) is 0 Å². The number of aryl methyl sites for hydroxylation is 1. The van der Waals surface area contributed by atoms with Crippen molar-refractivity contribution in [2.45, 2.75) is 26.2 Å². The minimum Gasteiger partial charge on any atom is -0.494 e. The highest BCUT2D eigenvalue weighted by molar-refractivity contribution is 6.15. The van der Waals surface area contributed by atoms with Crippen molar-refractivity contribution in [2.75, 3.05) is 6.61 Å². The van der Waals surface area contributed by atoms with E-state index in [2.05, 4.69) is 0 Å². The Morgan fingerprint density at radius 2 is 1.55 bits per heavy atom. The van der Waals surface area contributed by atoms with Crippen molar-refractivity contribution < 1.29 is 14.3 Å². The van der Waals surface area contributed by atoms with Crippen LogP contribution in [0.3, 0.4) is 0 Å². The van der Waals surface area contributed by atoms with Gasteiger partial charge in [-0.15, -0.1) is 0 Å². The molecule has 3 heteroatoms. The lowest BCUT2D eigenvalue weighted by molar-refractivity contribution is 0.0899. The first-order valence-corrected chi connectivity index (χ1v) is 10.7. The molecule has 2 atom stereocenters. The largest absolute Gasteiger partial charge is 0.494 e. The molecule has 0 aromatic heterocycles. The van der Waals surface area contributed by atoms with Crippen molar-refractivity contribution in [1.82, 2.24) is 0 Å². The SMILES string of the molecule is CCOc1ccc([C@H]2CC=C(C(=O)c3ccccc3)[C@@H]2C(=O)c2ccc(C)cc2)cc1. The highest BCUT2D eigenvalue weighted by Crippen LogP contribution is 2.43. The fourth-order valence-corrected chi connectivity index (χ4v) is 4.25. The van der Waals surface area contributed by atoms with Crippen LogP contribution in [0, 0.1) is 12.8 Å². The predicted octanol–water partition coefficient (Wildman–Crippen LogP) is 6.19. The van der Waals surface area contributed by atoms with Gasteiger partial charge in [0, 0.05) is 22.6 Å². The maximum Gasteiger partial charge on any atom is 0.189 e. The first kappa shape index (κ1) is 20.8. The van der Waals surface area contributed by atoms with Crippen LogP contribution in [0.5, 0.6) is 5.75 Å². The molecular formula is C28H26O3. The Bertz CT molecular complexity index is 1090. The van der Waals surface area contributed by atoms with E-state index in [1.807, 2.05) is 86.7 Å². The van der Waals surface area contributed by atoms with E-state index in [9.17, 15) is 9.59 Å². The second-order valence-corrected chi connectivity index (χ2v) is 7.91. The van der Waals surface area contributed by atoms with Gasteiger partial charge < -0.3 is 4.74 Å². The number of carbonyl (C=O) groups is 2. The Morgan fingerprint density at radius 3 is 2.19 bits per heavy atom. The quantitative estimate of drug-likeness (QED) is 0.436. The normalized spacial score (nSPS) is 17.8. The Kier molecular flexibility index (Phi) is 6.13. The number of hydrogen-bond donors (Lipinski definition) is 0. The van der Waals surface area contributed by atoms with E-state index in [-0.39, 0.29) is 17.5 Å². The average molecular weight is 411 g/mol. The fraction of sp³-hybridized carbons (Fsp3) is 0.214. The lowest BCUT2D eigenvalue weighted by Crippen LogP contribution is -2.24. The topological polar surface area (TPSA) is 43.4 Å². The summed E-state index contributed by atoms with van der Waals surface area (Å²) in [4.78, 5) is 27.0. The maximum absolute atomic E-state index is 13.6. The zero-order valence-corrected chi connectivity index (χ0v) is 17.9. The molecule has 0 bridgehead atoms. The smallest absolute Gasteiger partial charge is 0.189 e. The number of ether oxygens (including phenoxy) is 1. The standard InChI is InChI=1S/C28H26O3/c1-3-31-23-15-13-20(14-16-23)24-17-18-25(27(29)21-7-5-4-6-8-21)26(24)28(30)22-11-9-19(2)10-12-22/h4-16,18,24,26H,3,17H2,1-2H3/t24-,26-/m1/s1. The molecular weight excluding hydrogens is 384 g/mol. The van der Waals surface area contributed by atoms with Gasteiger partial charge in [-0.05, 0) is 38.0 Å². The molecule has 156 valence electrons. The molecule has 3 aromatic rings. The van der Waals surface area contributed by atoms with Gasteiger partial charge in [0.05, 0.1) is 12.5 Å². The summed E-state index contributed by atoms with van der Waals surface area (Å²) in [6.45, 7) is 4.55. The number of carbonyl (C=O) groups excluding carboxylic acids is 2. The first-order chi connectivity index (χ1) is 15.1. The average Bonchev–Trinajstić information content (AvgIpc) is 3.25.